The summed E-state index contributed by atoms with van der Waals surface area (Å²) in [5.41, 5.74) is 1.01. The maximum Gasteiger partial charge on any atom is 0.493 e. The van der Waals surface area contributed by atoms with Gasteiger partial charge in [0.05, 0.1) is 11.2 Å². The summed E-state index contributed by atoms with van der Waals surface area (Å²) in [7, 11) is -0.646. The highest BCUT2D eigenvalue weighted by atomic mass is 16.7. The zero-order valence-electron chi connectivity index (χ0n) is 17.8. The first-order chi connectivity index (χ1) is 13.6. The van der Waals surface area contributed by atoms with E-state index in [1.807, 2.05) is 101 Å². The molecule has 2 aromatic rings. The van der Waals surface area contributed by atoms with E-state index in [4.69, 9.17) is 14.0 Å². The fourth-order valence-corrected chi connectivity index (χ4v) is 3.78. The van der Waals surface area contributed by atoms with Gasteiger partial charge in [0.15, 0.2) is 0 Å². The van der Waals surface area contributed by atoms with E-state index in [2.05, 4.69) is 0 Å². The summed E-state index contributed by atoms with van der Waals surface area (Å²) in [5.74, 6) is 0. The predicted molar refractivity (Wildman–Crippen MR) is 115 cm³/mol. The highest BCUT2D eigenvalue weighted by Crippen LogP contribution is 2.54. The van der Waals surface area contributed by atoms with E-state index in [1.54, 1.807) is 0 Å². The first-order valence-electron chi connectivity index (χ1n) is 10.2. The van der Waals surface area contributed by atoms with Gasteiger partial charge in [0.2, 0.25) is 0 Å². The standard InChI is InChI=1S/C24H29BO4/c1-22(2)23(3,4)29-25(28-22)19(16-17-12-8-6-9-13-17)20(26)24(5)21(27-24)18-14-10-7-11-15-18/h6-16,20-21,26H,1-5H3/b19-16-. The van der Waals surface area contributed by atoms with Crippen molar-refractivity contribution in [3.63, 3.8) is 0 Å². The fraction of sp³-hybridized carbons (Fsp3) is 0.417. The molecule has 2 aliphatic rings. The Labute approximate surface area is 173 Å². The van der Waals surface area contributed by atoms with E-state index in [0.29, 0.717) is 5.47 Å². The second-order valence-electron chi connectivity index (χ2n) is 9.14. The summed E-state index contributed by atoms with van der Waals surface area (Å²) in [6.07, 6.45) is 0.921. The lowest BCUT2D eigenvalue weighted by Crippen LogP contribution is -2.41. The van der Waals surface area contributed by atoms with E-state index in [-0.39, 0.29) is 6.10 Å². The molecule has 0 amide bonds. The molecule has 2 aliphatic heterocycles. The number of hydrogen-bond donors (Lipinski definition) is 1. The molecule has 3 atom stereocenters. The summed E-state index contributed by atoms with van der Waals surface area (Å²) in [5, 5.41) is 11.4. The number of epoxide rings is 1. The summed E-state index contributed by atoms with van der Waals surface area (Å²) in [4.78, 5) is 0. The molecule has 0 radical (unpaired) electrons. The van der Waals surface area contributed by atoms with Crippen molar-refractivity contribution in [3.05, 3.63) is 77.3 Å². The smallest absolute Gasteiger partial charge is 0.399 e. The van der Waals surface area contributed by atoms with Crippen LogP contribution in [0.1, 0.15) is 51.8 Å². The summed E-state index contributed by atoms with van der Waals surface area (Å²) in [6, 6.07) is 19.9. The molecule has 0 aromatic heterocycles. The molecule has 0 aliphatic carbocycles. The highest BCUT2D eigenvalue weighted by Gasteiger charge is 2.62. The number of benzene rings is 2. The number of rotatable bonds is 5. The van der Waals surface area contributed by atoms with Gasteiger partial charge in [-0.1, -0.05) is 66.7 Å². The van der Waals surface area contributed by atoms with Crippen LogP contribution in [-0.2, 0) is 14.0 Å². The van der Waals surface area contributed by atoms with Crippen LogP contribution in [0, 0.1) is 0 Å². The normalized spacial score (nSPS) is 29.0. The van der Waals surface area contributed by atoms with E-state index in [0.717, 1.165) is 11.1 Å². The monoisotopic (exact) mass is 392 g/mol. The minimum atomic E-state index is -0.873. The van der Waals surface area contributed by atoms with Crippen molar-refractivity contribution in [2.75, 3.05) is 0 Å². The number of ether oxygens (including phenoxy) is 1. The molecule has 0 bridgehead atoms. The second kappa shape index (κ2) is 7.10. The Morgan fingerprint density at radius 2 is 1.41 bits per heavy atom. The topological polar surface area (TPSA) is 51.2 Å². The van der Waals surface area contributed by atoms with E-state index in [1.165, 1.54) is 0 Å². The number of aliphatic hydroxyl groups is 1. The minimum Gasteiger partial charge on any atom is -0.399 e. The van der Waals surface area contributed by atoms with Crippen LogP contribution >= 0.6 is 0 Å². The van der Waals surface area contributed by atoms with Gasteiger partial charge in [0.25, 0.3) is 0 Å². The Kier molecular flexibility index (Phi) is 4.98. The zero-order valence-corrected chi connectivity index (χ0v) is 17.8. The van der Waals surface area contributed by atoms with Crippen LogP contribution in [0.3, 0.4) is 0 Å². The third-order valence-corrected chi connectivity index (χ3v) is 6.45. The molecule has 4 nitrogen and oxygen atoms in total. The molecule has 5 heteroatoms. The average molecular weight is 392 g/mol. The number of hydrogen-bond acceptors (Lipinski definition) is 4. The Hall–Kier alpha value is -1.92. The lowest BCUT2D eigenvalue weighted by molar-refractivity contribution is 0.00578. The second-order valence-corrected chi connectivity index (χ2v) is 9.14. The van der Waals surface area contributed by atoms with Crippen molar-refractivity contribution in [2.45, 2.75) is 63.6 Å². The molecule has 1 N–H and O–H groups in total. The van der Waals surface area contributed by atoms with Crippen molar-refractivity contribution in [1.82, 2.24) is 0 Å². The predicted octanol–water partition coefficient (Wildman–Crippen LogP) is 4.59. The molecule has 2 aromatic carbocycles. The van der Waals surface area contributed by atoms with E-state index < -0.39 is 30.0 Å². The Balaban J connectivity index is 1.68. The molecular weight excluding hydrogens is 363 g/mol. The third-order valence-electron chi connectivity index (χ3n) is 6.45. The first-order valence-corrected chi connectivity index (χ1v) is 10.2. The lowest BCUT2D eigenvalue weighted by Gasteiger charge is -2.32. The molecule has 2 heterocycles. The van der Waals surface area contributed by atoms with Crippen molar-refractivity contribution < 1.29 is 19.2 Å². The summed E-state index contributed by atoms with van der Waals surface area (Å²) < 4.78 is 18.6. The van der Waals surface area contributed by atoms with Crippen LogP contribution in [0.2, 0.25) is 0 Å². The molecular formula is C24H29BO4. The quantitative estimate of drug-likeness (QED) is 0.597. The van der Waals surface area contributed by atoms with Gasteiger partial charge >= 0.3 is 7.12 Å². The zero-order chi connectivity index (χ0) is 20.9. The van der Waals surface area contributed by atoms with E-state index in [9.17, 15) is 5.11 Å². The van der Waals surface area contributed by atoms with Gasteiger partial charge in [-0.25, -0.2) is 0 Å². The maximum absolute atomic E-state index is 11.4. The SMILES string of the molecule is CC1(C(O)/C(=C/c2ccccc2)B2OC(C)(C)C(C)(C)O2)OC1c1ccccc1. The highest BCUT2D eigenvalue weighted by molar-refractivity contribution is 6.56. The Bertz CT molecular complexity index is 878. The molecule has 2 fully saturated rings. The van der Waals surface area contributed by atoms with Crippen molar-refractivity contribution in [2.24, 2.45) is 0 Å². The van der Waals surface area contributed by atoms with Crippen LogP contribution in [0.15, 0.2) is 66.1 Å². The van der Waals surface area contributed by atoms with Crippen LogP contribution in [0.4, 0.5) is 0 Å². The molecule has 0 spiro atoms. The molecule has 29 heavy (non-hydrogen) atoms. The molecule has 2 saturated heterocycles. The summed E-state index contributed by atoms with van der Waals surface area (Å²) >= 11 is 0. The fourth-order valence-electron chi connectivity index (χ4n) is 3.78. The molecule has 4 rings (SSSR count). The van der Waals surface area contributed by atoms with Gasteiger partial charge in [0.1, 0.15) is 17.8 Å². The molecule has 3 unspecified atom stereocenters. The molecule has 152 valence electrons. The van der Waals surface area contributed by atoms with Gasteiger partial charge in [-0.05, 0) is 51.2 Å². The maximum atomic E-state index is 11.4. The Morgan fingerprint density at radius 1 is 0.897 bits per heavy atom. The van der Waals surface area contributed by atoms with Crippen LogP contribution < -0.4 is 0 Å². The Morgan fingerprint density at radius 3 is 1.97 bits per heavy atom. The van der Waals surface area contributed by atoms with Gasteiger partial charge in [-0.15, -0.1) is 0 Å². The summed E-state index contributed by atoms with van der Waals surface area (Å²) in [6.45, 7) is 10.0. The van der Waals surface area contributed by atoms with Gasteiger partial charge in [-0.2, -0.15) is 0 Å². The van der Waals surface area contributed by atoms with E-state index >= 15 is 0 Å². The molecule has 0 saturated carbocycles. The van der Waals surface area contributed by atoms with Crippen LogP contribution in [0.5, 0.6) is 0 Å². The number of aliphatic hydroxyl groups excluding tert-OH is 1. The van der Waals surface area contributed by atoms with Crippen molar-refractivity contribution in [1.29, 1.82) is 0 Å². The lowest BCUT2D eigenvalue weighted by atomic mass is 9.70. The van der Waals surface area contributed by atoms with Crippen molar-refractivity contribution >= 4 is 13.2 Å². The third kappa shape index (κ3) is 3.68. The van der Waals surface area contributed by atoms with Gasteiger partial charge in [0, 0.05) is 0 Å². The van der Waals surface area contributed by atoms with Crippen LogP contribution in [-0.4, -0.2) is 35.1 Å². The largest absolute Gasteiger partial charge is 0.493 e. The van der Waals surface area contributed by atoms with Gasteiger partial charge in [-0.3, -0.25) is 0 Å². The van der Waals surface area contributed by atoms with Gasteiger partial charge < -0.3 is 19.2 Å². The average Bonchev–Trinajstić information content (AvgIpc) is 3.33. The van der Waals surface area contributed by atoms with Crippen molar-refractivity contribution in [3.8, 4) is 0 Å². The minimum absolute atomic E-state index is 0.166. The van der Waals surface area contributed by atoms with Crippen LogP contribution in [0.25, 0.3) is 6.08 Å². The first kappa shape index (κ1) is 20.4.